The Balaban J connectivity index is 2.04. The van der Waals surface area contributed by atoms with Gasteiger partial charge in [-0.05, 0) is 42.1 Å². The Labute approximate surface area is 113 Å². The number of nitriles is 1. The van der Waals surface area contributed by atoms with E-state index < -0.39 is 0 Å². The molecule has 0 fully saturated rings. The zero-order valence-electron chi connectivity index (χ0n) is 9.82. The van der Waals surface area contributed by atoms with Crippen LogP contribution in [0.1, 0.15) is 5.56 Å². The van der Waals surface area contributed by atoms with Crippen LogP contribution >= 0.6 is 11.8 Å². The summed E-state index contributed by atoms with van der Waals surface area (Å²) in [4.78, 5) is 0.815. The second-order valence-corrected chi connectivity index (χ2v) is 4.89. The summed E-state index contributed by atoms with van der Waals surface area (Å²) in [6.07, 6.45) is 1.89. The molecule has 0 spiro atoms. The third-order valence-corrected chi connectivity index (χ3v) is 3.64. The van der Waals surface area contributed by atoms with Crippen molar-refractivity contribution >= 4 is 23.1 Å². The lowest BCUT2D eigenvalue weighted by Gasteiger charge is -2.03. The van der Waals surface area contributed by atoms with E-state index in [-0.39, 0.29) is 0 Å². The highest BCUT2D eigenvalue weighted by molar-refractivity contribution is 7.99. The van der Waals surface area contributed by atoms with Gasteiger partial charge in [0, 0.05) is 16.8 Å². The first kappa shape index (κ1) is 11.6. The van der Waals surface area contributed by atoms with E-state index in [1.54, 1.807) is 12.1 Å². The van der Waals surface area contributed by atoms with E-state index in [1.165, 1.54) is 11.8 Å². The van der Waals surface area contributed by atoms with Crippen LogP contribution in [-0.4, -0.2) is 14.6 Å². The monoisotopic (exact) mass is 267 g/mol. The molecular formula is C13H9N5S. The molecule has 92 valence electrons. The minimum absolute atomic E-state index is 0.540. The number of benzene rings is 1. The molecule has 3 rings (SSSR count). The molecule has 2 aromatic heterocycles. The predicted molar refractivity (Wildman–Crippen MR) is 72.7 cm³/mol. The fourth-order valence-corrected chi connectivity index (χ4v) is 2.59. The first-order valence-corrected chi connectivity index (χ1v) is 6.37. The van der Waals surface area contributed by atoms with Gasteiger partial charge in [-0.25, -0.2) is 0 Å². The molecule has 0 unspecified atom stereocenters. The number of pyridine rings is 1. The summed E-state index contributed by atoms with van der Waals surface area (Å²) in [7, 11) is 0. The average Bonchev–Trinajstić information content (AvgIpc) is 2.84. The molecule has 3 aromatic rings. The third-order valence-electron chi connectivity index (χ3n) is 2.61. The summed E-state index contributed by atoms with van der Waals surface area (Å²) < 4.78 is 1.88. The Bertz CT molecular complexity index is 787. The normalized spacial score (nSPS) is 10.5. The van der Waals surface area contributed by atoms with E-state index in [4.69, 9.17) is 11.0 Å². The number of fused-ring (bicyclic) bond motifs is 1. The second-order valence-electron chi connectivity index (χ2n) is 3.88. The molecular weight excluding hydrogens is 258 g/mol. The highest BCUT2D eigenvalue weighted by Crippen LogP contribution is 2.30. The lowest BCUT2D eigenvalue weighted by molar-refractivity contribution is 0.921. The van der Waals surface area contributed by atoms with Crippen molar-refractivity contribution in [1.82, 2.24) is 14.6 Å². The second kappa shape index (κ2) is 4.63. The van der Waals surface area contributed by atoms with Crippen LogP contribution in [0.25, 0.3) is 5.65 Å². The molecule has 2 N–H and O–H groups in total. The van der Waals surface area contributed by atoms with Gasteiger partial charge in [0.15, 0.2) is 10.8 Å². The molecule has 0 saturated carbocycles. The van der Waals surface area contributed by atoms with Crippen molar-refractivity contribution in [3.8, 4) is 6.07 Å². The molecule has 0 aliphatic heterocycles. The Hall–Kier alpha value is -2.52. The number of nitrogens with two attached hydrogens (primary N) is 1. The summed E-state index contributed by atoms with van der Waals surface area (Å²) in [5.41, 5.74) is 7.57. The Morgan fingerprint density at radius 1 is 1.21 bits per heavy atom. The maximum atomic E-state index is 9.12. The van der Waals surface area contributed by atoms with Crippen molar-refractivity contribution < 1.29 is 0 Å². The fraction of sp³-hybridized carbons (Fsp3) is 0. The minimum Gasteiger partial charge on any atom is -0.399 e. The van der Waals surface area contributed by atoms with Crippen LogP contribution in [0.5, 0.6) is 0 Å². The third kappa shape index (κ3) is 2.11. The van der Waals surface area contributed by atoms with E-state index in [1.807, 2.05) is 34.9 Å². The van der Waals surface area contributed by atoms with E-state index in [0.29, 0.717) is 11.3 Å². The van der Waals surface area contributed by atoms with Crippen molar-refractivity contribution in [2.75, 3.05) is 5.73 Å². The minimum atomic E-state index is 0.540. The van der Waals surface area contributed by atoms with Crippen LogP contribution in [0.3, 0.4) is 0 Å². The molecule has 6 heteroatoms. The fourth-order valence-electron chi connectivity index (χ4n) is 1.71. The van der Waals surface area contributed by atoms with Crippen LogP contribution in [-0.2, 0) is 0 Å². The van der Waals surface area contributed by atoms with Gasteiger partial charge in [0.2, 0.25) is 0 Å². The largest absolute Gasteiger partial charge is 0.399 e. The maximum Gasteiger partial charge on any atom is 0.200 e. The molecule has 0 bridgehead atoms. The van der Waals surface area contributed by atoms with Crippen molar-refractivity contribution in [3.63, 3.8) is 0 Å². The molecule has 0 radical (unpaired) electrons. The lowest BCUT2D eigenvalue weighted by atomic mass is 10.2. The van der Waals surface area contributed by atoms with Crippen LogP contribution in [0.4, 0.5) is 5.69 Å². The number of rotatable bonds is 2. The van der Waals surface area contributed by atoms with E-state index in [9.17, 15) is 0 Å². The van der Waals surface area contributed by atoms with E-state index in [2.05, 4.69) is 16.3 Å². The standard InChI is InChI=1S/C13H9N5S/c14-8-9-7-10(15)4-5-11(9)19-13-17-16-12-3-1-2-6-18(12)13/h1-7H,15H2. The molecule has 19 heavy (non-hydrogen) atoms. The van der Waals surface area contributed by atoms with Crippen molar-refractivity contribution in [3.05, 3.63) is 48.2 Å². The Morgan fingerprint density at radius 2 is 2.11 bits per heavy atom. The van der Waals surface area contributed by atoms with Gasteiger partial charge in [-0.2, -0.15) is 5.26 Å². The molecule has 0 amide bonds. The highest BCUT2D eigenvalue weighted by Gasteiger charge is 2.10. The smallest absolute Gasteiger partial charge is 0.200 e. The summed E-state index contributed by atoms with van der Waals surface area (Å²) in [6.45, 7) is 0. The van der Waals surface area contributed by atoms with Gasteiger partial charge in [0.25, 0.3) is 0 Å². The van der Waals surface area contributed by atoms with E-state index in [0.717, 1.165) is 15.7 Å². The maximum absolute atomic E-state index is 9.12. The van der Waals surface area contributed by atoms with Gasteiger partial charge in [-0.1, -0.05) is 6.07 Å². The van der Waals surface area contributed by atoms with Gasteiger partial charge in [-0.15, -0.1) is 10.2 Å². The number of hydrogen-bond acceptors (Lipinski definition) is 5. The molecule has 0 atom stereocenters. The van der Waals surface area contributed by atoms with Crippen LogP contribution in [0.15, 0.2) is 52.6 Å². The van der Waals surface area contributed by atoms with Gasteiger partial charge in [-0.3, -0.25) is 4.40 Å². The summed E-state index contributed by atoms with van der Waals surface area (Å²) in [5, 5.41) is 18.0. The number of nitrogens with zero attached hydrogens (tertiary/aromatic N) is 4. The number of aromatic nitrogens is 3. The molecule has 0 aliphatic carbocycles. The van der Waals surface area contributed by atoms with Gasteiger partial charge >= 0.3 is 0 Å². The number of nitrogen functional groups attached to an aromatic ring is 1. The molecule has 2 heterocycles. The van der Waals surface area contributed by atoms with Gasteiger partial charge < -0.3 is 5.73 Å². The Kier molecular flexibility index (Phi) is 2.82. The lowest BCUT2D eigenvalue weighted by Crippen LogP contribution is -1.90. The van der Waals surface area contributed by atoms with Gasteiger partial charge in [0.05, 0.1) is 5.56 Å². The predicted octanol–water partition coefficient (Wildman–Crippen LogP) is 2.33. The summed E-state index contributed by atoms with van der Waals surface area (Å²) in [5.74, 6) is 0. The van der Waals surface area contributed by atoms with Crippen molar-refractivity contribution in [2.45, 2.75) is 10.1 Å². The van der Waals surface area contributed by atoms with Crippen molar-refractivity contribution in [2.24, 2.45) is 0 Å². The average molecular weight is 267 g/mol. The van der Waals surface area contributed by atoms with Gasteiger partial charge in [0.1, 0.15) is 6.07 Å². The number of hydrogen-bond donors (Lipinski definition) is 1. The molecule has 0 saturated heterocycles. The van der Waals surface area contributed by atoms with Crippen LogP contribution in [0.2, 0.25) is 0 Å². The molecule has 1 aromatic carbocycles. The van der Waals surface area contributed by atoms with Crippen LogP contribution in [0, 0.1) is 11.3 Å². The quantitative estimate of drug-likeness (QED) is 0.721. The van der Waals surface area contributed by atoms with Crippen molar-refractivity contribution in [1.29, 1.82) is 5.26 Å². The first-order valence-electron chi connectivity index (χ1n) is 5.55. The molecule has 5 nitrogen and oxygen atoms in total. The number of anilines is 1. The molecule has 0 aliphatic rings. The van der Waals surface area contributed by atoms with Crippen LogP contribution < -0.4 is 5.73 Å². The Morgan fingerprint density at radius 3 is 2.95 bits per heavy atom. The SMILES string of the molecule is N#Cc1cc(N)ccc1Sc1nnc2ccccn12. The zero-order valence-corrected chi connectivity index (χ0v) is 10.6. The summed E-state index contributed by atoms with van der Waals surface area (Å²) in [6, 6.07) is 13.1. The topological polar surface area (TPSA) is 80.0 Å². The highest BCUT2D eigenvalue weighted by atomic mass is 32.2. The first-order chi connectivity index (χ1) is 9.28. The van der Waals surface area contributed by atoms with E-state index >= 15 is 0 Å². The summed E-state index contributed by atoms with van der Waals surface area (Å²) >= 11 is 1.39. The zero-order chi connectivity index (χ0) is 13.2.